The second-order valence-electron chi connectivity index (χ2n) is 7.72. The Morgan fingerprint density at radius 3 is 2.70 bits per heavy atom. The molecule has 1 aliphatic rings. The fourth-order valence-corrected chi connectivity index (χ4v) is 4.16. The molecule has 0 radical (unpaired) electrons. The molecular weight excluding hydrogens is 376 g/mol. The monoisotopic (exact) mass is 402 g/mol. The van der Waals surface area contributed by atoms with E-state index in [9.17, 15) is 4.79 Å². The Bertz CT molecular complexity index is 1060. The van der Waals surface area contributed by atoms with Crippen molar-refractivity contribution in [3.8, 4) is 0 Å². The zero-order chi connectivity index (χ0) is 21.1. The zero-order valence-corrected chi connectivity index (χ0v) is 17.4. The predicted octanol–water partition coefficient (Wildman–Crippen LogP) is 3.10. The Kier molecular flexibility index (Phi) is 5.77. The van der Waals surface area contributed by atoms with E-state index in [0.717, 1.165) is 42.1 Å². The maximum atomic E-state index is 12.5. The van der Waals surface area contributed by atoms with Gasteiger partial charge in [0.1, 0.15) is 12.1 Å². The van der Waals surface area contributed by atoms with Crippen LogP contribution < -0.4 is 10.2 Å². The second-order valence-corrected chi connectivity index (χ2v) is 7.72. The van der Waals surface area contributed by atoms with Crippen molar-refractivity contribution in [1.82, 2.24) is 15.3 Å². The van der Waals surface area contributed by atoms with Crippen molar-refractivity contribution in [2.24, 2.45) is 0 Å². The first-order chi connectivity index (χ1) is 14.5. The van der Waals surface area contributed by atoms with Gasteiger partial charge in [0.15, 0.2) is 0 Å². The molecule has 0 bridgehead atoms. The molecule has 0 saturated heterocycles. The molecule has 6 nitrogen and oxygen atoms in total. The van der Waals surface area contributed by atoms with Crippen molar-refractivity contribution in [3.63, 3.8) is 0 Å². The molecular formula is C24H26N4O2. The quantitative estimate of drug-likeness (QED) is 0.662. The van der Waals surface area contributed by atoms with Crippen molar-refractivity contribution >= 4 is 17.4 Å². The number of hydrogen-bond donors (Lipinski definition) is 2. The molecule has 4 rings (SSSR count). The molecule has 0 fully saturated rings. The van der Waals surface area contributed by atoms with Crippen LogP contribution in [0.5, 0.6) is 0 Å². The van der Waals surface area contributed by atoms with E-state index < -0.39 is 0 Å². The van der Waals surface area contributed by atoms with Crippen LogP contribution >= 0.6 is 0 Å². The minimum atomic E-state index is -0.152. The molecule has 2 aromatic carbocycles. The van der Waals surface area contributed by atoms with Crippen molar-refractivity contribution in [2.45, 2.75) is 26.7 Å². The Morgan fingerprint density at radius 2 is 1.93 bits per heavy atom. The van der Waals surface area contributed by atoms with Crippen molar-refractivity contribution in [2.75, 3.05) is 24.6 Å². The highest BCUT2D eigenvalue weighted by atomic mass is 16.3. The lowest BCUT2D eigenvalue weighted by molar-refractivity contribution is 0.0944. The largest absolute Gasteiger partial charge is 0.395 e. The van der Waals surface area contributed by atoms with Gasteiger partial charge in [0.05, 0.1) is 12.3 Å². The minimum absolute atomic E-state index is 0.0724. The summed E-state index contributed by atoms with van der Waals surface area (Å²) >= 11 is 0. The number of amides is 1. The van der Waals surface area contributed by atoms with Gasteiger partial charge in [-0.25, -0.2) is 9.97 Å². The Hall–Kier alpha value is -3.25. The minimum Gasteiger partial charge on any atom is -0.395 e. The highest BCUT2D eigenvalue weighted by Crippen LogP contribution is 2.35. The molecule has 0 spiro atoms. The number of fused-ring (bicyclic) bond motifs is 1. The summed E-state index contributed by atoms with van der Waals surface area (Å²) in [6.07, 6.45) is 3.14. The van der Waals surface area contributed by atoms with Crippen molar-refractivity contribution < 1.29 is 9.90 Å². The van der Waals surface area contributed by atoms with Crippen LogP contribution in [-0.2, 0) is 12.8 Å². The van der Waals surface area contributed by atoms with Gasteiger partial charge in [-0.05, 0) is 43.5 Å². The van der Waals surface area contributed by atoms with E-state index in [2.05, 4.69) is 52.2 Å². The Balaban J connectivity index is 1.60. The number of nitrogens with one attached hydrogen (secondary N) is 1. The van der Waals surface area contributed by atoms with Gasteiger partial charge >= 0.3 is 0 Å². The van der Waals surface area contributed by atoms with Gasteiger partial charge in [0.25, 0.3) is 5.91 Å². The smallest absolute Gasteiger partial charge is 0.251 e. The maximum Gasteiger partial charge on any atom is 0.251 e. The lowest BCUT2D eigenvalue weighted by Crippen LogP contribution is -2.27. The molecule has 3 aromatic rings. The van der Waals surface area contributed by atoms with Crippen molar-refractivity contribution in [3.05, 3.63) is 82.3 Å². The van der Waals surface area contributed by atoms with Gasteiger partial charge in [-0.2, -0.15) is 0 Å². The molecule has 1 aromatic heterocycles. The van der Waals surface area contributed by atoms with Crippen molar-refractivity contribution in [1.29, 1.82) is 0 Å². The molecule has 1 aliphatic heterocycles. The normalized spacial score (nSPS) is 12.7. The van der Waals surface area contributed by atoms with Crippen LogP contribution in [0.4, 0.5) is 11.5 Å². The summed E-state index contributed by atoms with van der Waals surface area (Å²) in [6, 6.07) is 14.3. The van der Waals surface area contributed by atoms with E-state index in [1.54, 1.807) is 6.33 Å². The van der Waals surface area contributed by atoms with Crippen LogP contribution in [-0.4, -0.2) is 40.7 Å². The summed E-state index contributed by atoms with van der Waals surface area (Å²) in [5.41, 5.74) is 7.38. The second kappa shape index (κ2) is 8.63. The Labute approximate surface area is 176 Å². The number of rotatable bonds is 6. The van der Waals surface area contributed by atoms with Crippen LogP contribution in [0.15, 0.2) is 48.8 Å². The van der Waals surface area contributed by atoms with E-state index >= 15 is 0 Å². The summed E-state index contributed by atoms with van der Waals surface area (Å²) in [7, 11) is 0. The molecule has 0 unspecified atom stereocenters. The lowest BCUT2D eigenvalue weighted by atomic mass is 10.0. The number of hydrogen-bond acceptors (Lipinski definition) is 5. The lowest BCUT2D eigenvalue weighted by Gasteiger charge is -2.19. The molecule has 6 heteroatoms. The van der Waals surface area contributed by atoms with Gasteiger partial charge in [-0.3, -0.25) is 4.79 Å². The number of carbonyl (C=O) groups is 1. The van der Waals surface area contributed by atoms with Crippen LogP contribution in [0.25, 0.3) is 0 Å². The van der Waals surface area contributed by atoms with Crippen LogP contribution in [0.1, 0.15) is 38.3 Å². The van der Waals surface area contributed by atoms with Gasteiger partial charge < -0.3 is 15.3 Å². The molecule has 0 aliphatic carbocycles. The molecule has 0 saturated carbocycles. The molecule has 2 N–H and O–H groups in total. The first-order valence-corrected chi connectivity index (χ1v) is 10.2. The zero-order valence-electron chi connectivity index (χ0n) is 17.4. The number of carbonyl (C=O) groups excluding carboxylic acids is 1. The first-order valence-electron chi connectivity index (χ1n) is 10.2. The third kappa shape index (κ3) is 4.19. The average molecular weight is 402 g/mol. The van der Waals surface area contributed by atoms with Crippen LogP contribution in [0, 0.1) is 13.8 Å². The summed E-state index contributed by atoms with van der Waals surface area (Å²) in [4.78, 5) is 23.6. The standard InChI is InChI=1S/C24H26N4O2/c1-16-10-17(2)12-18(11-16)13-19-14-23(27-15-26-19)28-8-6-20-21(4-3-5-22(20)28)24(30)25-7-9-29/h3-5,10-12,14-15,29H,6-9,13H2,1-2H3,(H,25,30). The van der Waals surface area contributed by atoms with E-state index in [1.165, 1.54) is 16.7 Å². The van der Waals surface area contributed by atoms with E-state index in [4.69, 9.17) is 5.11 Å². The fraction of sp³-hybridized carbons (Fsp3) is 0.292. The predicted molar refractivity (Wildman–Crippen MR) is 117 cm³/mol. The van der Waals surface area contributed by atoms with Gasteiger partial charge in [0.2, 0.25) is 0 Å². The van der Waals surface area contributed by atoms with Gasteiger partial charge in [-0.15, -0.1) is 0 Å². The van der Waals surface area contributed by atoms with Crippen LogP contribution in [0.2, 0.25) is 0 Å². The number of benzene rings is 2. The number of nitrogens with zero attached hydrogens (tertiary/aromatic N) is 3. The van der Waals surface area contributed by atoms with E-state index in [-0.39, 0.29) is 19.1 Å². The number of aromatic nitrogens is 2. The number of aliphatic hydroxyl groups excluding tert-OH is 1. The third-order valence-corrected chi connectivity index (χ3v) is 5.32. The highest BCUT2D eigenvalue weighted by molar-refractivity contribution is 5.98. The summed E-state index contributed by atoms with van der Waals surface area (Å²) in [5.74, 6) is 0.692. The highest BCUT2D eigenvalue weighted by Gasteiger charge is 2.26. The topological polar surface area (TPSA) is 78.4 Å². The number of aliphatic hydroxyl groups is 1. The van der Waals surface area contributed by atoms with Gasteiger partial charge in [0, 0.05) is 36.8 Å². The number of anilines is 2. The molecule has 2 heterocycles. The summed E-state index contributed by atoms with van der Waals surface area (Å²) in [6.45, 7) is 5.16. The molecule has 30 heavy (non-hydrogen) atoms. The summed E-state index contributed by atoms with van der Waals surface area (Å²) < 4.78 is 0. The third-order valence-electron chi connectivity index (χ3n) is 5.32. The Morgan fingerprint density at radius 1 is 1.13 bits per heavy atom. The maximum absolute atomic E-state index is 12.5. The van der Waals surface area contributed by atoms with E-state index in [1.807, 2.05) is 24.3 Å². The average Bonchev–Trinajstić information content (AvgIpc) is 3.15. The summed E-state index contributed by atoms with van der Waals surface area (Å²) in [5, 5.41) is 11.7. The molecule has 1 amide bonds. The van der Waals surface area contributed by atoms with E-state index in [0.29, 0.717) is 5.56 Å². The van der Waals surface area contributed by atoms with Crippen LogP contribution in [0.3, 0.4) is 0 Å². The first kappa shape index (κ1) is 20.0. The fourth-order valence-electron chi connectivity index (χ4n) is 4.16. The molecule has 0 atom stereocenters. The SMILES string of the molecule is Cc1cc(C)cc(Cc2cc(N3CCc4c(C(=O)NCCO)cccc43)ncn2)c1. The van der Waals surface area contributed by atoms with Gasteiger partial charge in [-0.1, -0.05) is 35.4 Å². The number of aryl methyl sites for hydroxylation is 2. The molecule has 154 valence electrons.